The Balaban J connectivity index is 1.18. The largest absolute Gasteiger partial charge is 0.496 e. The maximum atomic E-state index is 13.2. The number of amides is 2. The van der Waals surface area contributed by atoms with Crippen LogP contribution in [0.5, 0.6) is 5.75 Å². The van der Waals surface area contributed by atoms with Gasteiger partial charge in [0.05, 0.1) is 17.7 Å². The number of benzene rings is 3. The van der Waals surface area contributed by atoms with Crippen LogP contribution in [0.4, 0.5) is 0 Å². The molecule has 0 spiro atoms. The van der Waals surface area contributed by atoms with Crippen LogP contribution in [0.3, 0.4) is 0 Å². The standard InChI is InChI=1S/C31H32ClN5O3S/c1-22-21-35(18-19-36(22)30(39)25-14-7-9-16-27(25)40-2)28(38)17-10-20-41-31-34-33-29(24-13-6-8-15-26(24)32)37(31)23-11-4-3-5-12-23/h3-9,11-16,22H,10,17-21H2,1-2H3. The van der Waals surface area contributed by atoms with Crippen LogP contribution in [-0.2, 0) is 4.79 Å². The number of carbonyl (C=O) groups excluding carboxylic acids is 2. The number of thioether (sulfide) groups is 1. The summed E-state index contributed by atoms with van der Waals surface area (Å²) in [6.45, 7) is 3.50. The molecule has 3 aromatic carbocycles. The fraction of sp³-hybridized carbons (Fsp3) is 0.290. The summed E-state index contributed by atoms with van der Waals surface area (Å²) in [5.41, 5.74) is 2.30. The minimum absolute atomic E-state index is 0.0721. The van der Waals surface area contributed by atoms with E-state index in [1.807, 2.05) is 88.0 Å². The van der Waals surface area contributed by atoms with Crippen LogP contribution in [0.2, 0.25) is 5.02 Å². The predicted molar refractivity (Wildman–Crippen MR) is 162 cm³/mol. The Hall–Kier alpha value is -3.82. The van der Waals surface area contributed by atoms with Gasteiger partial charge in [0.1, 0.15) is 5.75 Å². The van der Waals surface area contributed by atoms with E-state index in [-0.39, 0.29) is 17.9 Å². The number of hydrogen-bond donors (Lipinski definition) is 0. The summed E-state index contributed by atoms with van der Waals surface area (Å²) in [5.74, 6) is 1.97. The van der Waals surface area contributed by atoms with Gasteiger partial charge in [-0.05, 0) is 49.7 Å². The van der Waals surface area contributed by atoms with E-state index >= 15 is 0 Å². The van der Waals surface area contributed by atoms with Crippen molar-refractivity contribution in [3.05, 3.63) is 89.4 Å². The molecule has 2 amide bonds. The van der Waals surface area contributed by atoms with E-state index in [2.05, 4.69) is 10.2 Å². The van der Waals surface area contributed by atoms with E-state index in [1.54, 1.807) is 31.0 Å². The Bertz CT molecular complexity index is 1510. The summed E-state index contributed by atoms with van der Waals surface area (Å²) >= 11 is 8.06. The molecule has 1 atom stereocenters. The zero-order chi connectivity index (χ0) is 28.8. The molecule has 5 rings (SSSR count). The molecule has 10 heteroatoms. The molecule has 2 heterocycles. The number of hydrogen-bond acceptors (Lipinski definition) is 6. The first-order chi connectivity index (χ1) is 20.0. The summed E-state index contributed by atoms with van der Waals surface area (Å²) in [4.78, 5) is 29.9. The third-order valence-electron chi connectivity index (χ3n) is 7.11. The topological polar surface area (TPSA) is 80.6 Å². The summed E-state index contributed by atoms with van der Waals surface area (Å²) in [6.07, 6.45) is 1.12. The lowest BCUT2D eigenvalue weighted by atomic mass is 10.1. The van der Waals surface area contributed by atoms with Gasteiger partial charge in [0.2, 0.25) is 5.91 Å². The molecule has 0 bridgehead atoms. The molecule has 212 valence electrons. The zero-order valence-corrected chi connectivity index (χ0v) is 24.6. The molecular formula is C31H32ClN5O3S. The minimum atomic E-state index is -0.0906. The van der Waals surface area contributed by atoms with Crippen molar-refractivity contribution in [1.82, 2.24) is 24.6 Å². The van der Waals surface area contributed by atoms with Crippen molar-refractivity contribution in [2.24, 2.45) is 0 Å². The lowest BCUT2D eigenvalue weighted by Crippen LogP contribution is -2.55. The smallest absolute Gasteiger partial charge is 0.257 e. The fourth-order valence-electron chi connectivity index (χ4n) is 5.00. The van der Waals surface area contributed by atoms with Gasteiger partial charge in [-0.2, -0.15) is 0 Å². The van der Waals surface area contributed by atoms with Crippen molar-refractivity contribution in [2.45, 2.75) is 31.0 Å². The summed E-state index contributed by atoms with van der Waals surface area (Å²) < 4.78 is 7.38. The molecule has 0 saturated carbocycles. The van der Waals surface area contributed by atoms with Crippen molar-refractivity contribution in [2.75, 3.05) is 32.5 Å². The van der Waals surface area contributed by atoms with Gasteiger partial charge in [-0.1, -0.05) is 65.8 Å². The normalized spacial score (nSPS) is 15.1. The van der Waals surface area contributed by atoms with Crippen LogP contribution in [0, 0.1) is 0 Å². The van der Waals surface area contributed by atoms with E-state index in [0.29, 0.717) is 60.4 Å². The lowest BCUT2D eigenvalue weighted by Gasteiger charge is -2.40. The van der Waals surface area contributed by atoms with E-state index in [9.17, 15) is 9.59 Å². The van der Waals surface area contributed by atoms with Gasteiger partial charge in [-0.3, -0.25) is 14.2 Å². The van der Waals surface area contributed by atoms with Crippen molar-refractivity contribution in [3.63, 3.8) is 0 Å². The highest BCUT2D eigenvalue weighted by atomic mass is 35.5. The Kier molecular flexibility index (Phi) is 9.26. The first kappa shape index (κ1) is 28.7. The third kappa shape index (κ3) is 6.41. The van der Waals surface area contributed by atoms with Crippen LogP contribution < -0.4 is 4.74 Å². The summed E-state index contributed by atoms with van der Waals surface area (Å²) in [5, 5.41) is 10.3. The molecule has 4 aromatic rings. The molecule has 0 radical (unpaired) electrons. The van der Waals surface area contributed by atoms with Crippen LogP contribution in [0.15, 0.2) is 84.0 Å². The van der Waals surface area contributed by atoms with E-state index in [4.69, 9.17) is 16.3 Å². The average molecular weight is 590 g/mol. The number of rotatable bonds is 9. The van der Waals surface area contributed by atoms with E-state index in [1.165, 1.54) is 0 Å². The first-order valence-corrected chi connectivity index (χ1v) is 14.9. The van der Waals surface area contributed by atoms with E-state index in [0.717, 1.165) is 16.4 Å². The van der Waals surface area contributed by atoms with Crippen molar-refractivity contribution in [1.29, 1.82) is 0 Å². The second kappa shape index (κ2) is 13.2. The minimum Gasteiger partial charge on any atom is -0.496 e. The van der Waals surface area contributed by atoms with Gasteiger partial charge in [0, 0.05) is 49.1 Å². The number of methoxy groups -OCH3 is 1. The van der Waals surface area contributed by atoms with Crippen LogP contribution >= 0.6 is 23.4 Å². The third-order valence-corrected chi connectivity index (χ3v) is 8.45. The van der Waals surface area contributed by atoms with Gasteiger partial charge >= 0.3 is 0 Å². The maximum Gasteiger partial charge on any atom is 0.257 e. The number of piperazine rings is 1. The van der Waals surface area contributed by atoms with Crippen LogP contribution in [0.1, 0.15) is 30.1 Å². The predicted octanol–water partition coefficient (Wildman–Crippen LogP) is 5.84. The SMILES string of the molecule is COc1ccccc1C(=O)N1CCN(C(=O)CCCSc2nnc(-c3ccccc3Cl)n2-c2ccccc2)CC1C. The Labute approximate surface area is 249 Å². The quantitative estimate of drug-likeness (QED) is 0.180. The number of para-hydroxylation sites is 2. The van der Waals surface area contributed by atoms with Gasteiger partial charge in [0.15, 0.2) is 11.0 Å². The maximum absolute atomic E-state index is 13.2. The van der Waals surface area contributed by atoms with Gasteiger partial charge in [-0.25, -0.2) is 0 Å². The first-order valence-electron chi connectivity index (χ1n) is 13.6. The molecule has 0 aliphatic carbocycles. The highest BCUT2D eigenvalue weighted by Gasteiger charge is 2.31. The average Bonchev–Trinajstić information content (AvgIpc) is 3.43. The highest BCUT2D eigenvalue weighted by molar-refractivity contribution is 7.99. The second-order valence-electron chi connectivity index (χ2n) is 9.80. The number of halogens is 1. The number of nitrogens with zero attached hydrogens (tertiary/aromatic N) is 5. The van der Waals surface area contributed by atoms with Crippen LogP contribution in [0.25, 0.3) is 17.1 Å². The van der Waals surface area contributed by atoms with Crippen molar-refractivity contribution < 1.29 is 14.3 Å². The fourth-order valence-corrected chi connectivity index (χ4v) is 6.11. The Morgan fingerprint density at radius 3 is 2.46 bits per heavy atom. The Morgan fingerprint density at radius 1 is 0.976 bits per heavy atom. The molecule has 41 heavy (non-hydrogen) atoms. The molecule has 1 aliphatic rings. The molecule has 8 nitrogen and oxygen atoms in total. The summed E-state index contributed by atoms with van der Waals surface area (Å²) in [6, 6.07) is 24.7. The molecule has 1 unspecified atom stereocenters. The number of aromatic nitrogens is 3. The number of carbonyl (C=O) groups is 2. The van der Waals surface area contributed by atoms with Gasteiger partial charge in [0.25, 0.3) is 5.91 Å². The highest BCUT2D eigenvalue weighted by Crippen LogP contribution is 2.32. The van der Waals surface area contributed by atoms with Crippen molar-refractivity contribution >= 4 is 35.2 Å². The zero-order valence-electron chi connectivity index (χ0n) is 23.1. The monoisotopic (exact) mass is 589 g/mol. The molecule has 1 saturated heterocycles. The Morgan fingerprint density at radius 2 is 1.71 bits per heavy atom. The molecular weight excluding hydrogens is 558 g/mol. The van der Waals surface area contributed by atoms with Crippen molar-refractivity contribution in [3.8, 4) is 22.8 Å². The summed E-state index contributed by atoms with van der Waals surface area (Å²) in [7, 11) is 1.56. The van der Waals surface area contributed by atoms with Gasteiger partial charge in [-0.15, -0.1) is 10.2 Å². The lowest BCUT2D eigenvalue weighted by molar-refractivity contribution is -0.133. The molecule has 0 N–H and O–H groups in total. The number of ether oxygens (including phenoxy) is 1. The second-order valence-corrected chi connectivity index (χ2v) is 11.3. The molecule has 1 aromatic heterocycles. The molecule has 1 fully saturated rings. The van der Waals surface area contributed by atoms with Gasteiger partial charge < -0.3 is 14.5 Å². The van der Waals surface area contributed by atoms with Crippen LogP contribution in [-0.4, -0.2) is 74.9 Å². The molecule has 1 aliphatic heterocycles. The van der Waals surface area contributed by atoms with E-state index < -0.39 is 0 Å².